The second-order valence-electron chi connectivity index (χ2n) is 12.0. The topological polar surface area (TPSA) is 65.0 Å². The summed E-state index contributed by atoms with van der Waals surface area (Å²) in [7, 11) is 0. The van der Waals surface area contributed by atoms with Crippen LogP contribution in [-0.2, 0) is 0 Å². The molecule has 0 amide bonds. The molecule has 0 N–H and O–H groups in total. The third kappa shape index (κ3) is 4.15. The summed E-state index contributed by atoms with van der Waals surface area (Å²) in [5.74, 6) is 1.76. The molecule has 0 aliphatic heterocycles. The molecule has 10 rings (SSSR count). The molecular weight excluding hydrogens is 590 g/mol. The van der Waals surface area contributed by atoms with Gasteiger partial charge >= 0.3 is 0 Å². The Labute approximate surface area is 274 Å². The van der Waals surface area contributed by atoms with Gasteiger partial charge in [0.05, 0.1) is 0 Å². The van der Waals surface area contributed by atoms with E-state index in [1.807, 2.05) is 72.8 Å². The first-order valence-corrected chi connectivity index (χ1v) is 15.9. The van der Waals surface area contributed by atoms with Gasteiger partial charge in [0, 0.05) is 38.2 Å². The molecule has 0 fully saturated rings. The molecule has 5 heteroatoms. The number of aromatic nitrogens is 3. The van der Waals surface area contributed by atoms with Crippen molar-refractivity contribution in [3.8, 4) is 45.3 Å². The monoisotopic (exact) mass is 615 g/mol. The molecular formula is C43H25N3O2. The molecule has 48 heavy (non-hydrogen) atoms. The number of benzene rings is 7. The lowest BCUT2D eigenvalue weighted by molar-refractivity contribution is 0.668. The van der Waals surface area contributed by atoms with Crippen LogP contribution >= 0.6 is 0 Å². The Balaban J connectivity index is 1.24. The highest BCUT2D eigenvalue weighted by molar-refractivity contribution is 6.14. The highest BCUT2D eigenvalue weighted by Gasteiger charge is 2.20. The minimum Gasteiger partial charge on any atom is -0.456 e. The van der Waals surface area contributed by atoms with E-state index in [4.69, 9.17) is 23.8 Å². The first kappa shape index (κ1) is 26.6. The minimum atomic E-state index is 0.576. The smallest absolute Gasteiger partial charge is 0.164 e. The summed E-state index contributed by atoms with van der Waals surface area (Å²) in [6.45, 7) is 0. The van der Waals surface area contributed by atoms with E-state index in [9.17, 15) is 0 Å². The minimum absolute atomic E-state index is 0.576. The summed E-state index contributed by atoms with van der Waals surface area (Å²) in [5, 5.41) is 6.41. The molecule has 0 saturated carbocycles. The molecule has 0 saturated heterocycles. The second kappa shape index (κ2) is 10.5. The number of para-hydroxylation sites is 1. The molecule has 3 heterocycles. The number of rotatable bonds is 4. The van der Waals surface area contributed by atoms with E-state index in [1.165, 1.54) is 16.3 Å². The first-order valence-electron chi connectivity index (χ1n) is 15.9. The van der Waals surface area contributed by atoms with E-state index in [-0.39, 0.29) is 0 Å². The lowest BCUT2D eigenvalue weighted by Gasteiger charge is -2.10. The highest BCUT2D eigenvalue weighted by Crippen LogP contribution is 2.40. The predicted octanol–water partition coefficient (Wildman–Crippen LogP) is 11.5. The quantitative estimate of drug-likeness (QED) is 0.197. The fourth-order valence-electron chi connectivity index (χ4n) is 6.95. The predicted molar refractivity (Wildman–Crippen MR) is 194 cm³/mol. The number of hydrogen-bond donors (Lipinski definition) is 0. The van der Waals surface area contributed by atoms with Gasteiger partial charge in [-0.3, -0.25) is 0 Å². The number of nitrogens with zero attached hydrogens (tertiary/aromatic N) is 3. The fraction of sp³-hybridized carbons (Fsp3) is 0. The molecule has 0 atom stereocenters. The van der Waals surface area contributed by atoms with Crippen LogP contribution in [0.3, 0.4) is 0 Å². The van der Waals surface area contributed by atoms with Crippen molar-refractivity contribution in [2.45, 2.75) is 0 Å². The number of fused-ring (bicyclic) bond motifs is 7. The Hall–Kier alpha value is -6.59. The fourth-order valence-corrected chi connectivity index (χ4v) is 6.95. The summed E-state index contributed by atoms with van der Waals surface area (Å²) >= 11 is 0. The van der Waals surface area contributed by atoms with Crippen LogP contribution < -0.4 is 0 Å². The van der Waals surface area contributed by atoms with Crippen LogP contribution in [-0.4, -0.2) is 15.0 Å². The maximum atomic E-state index is 6.43. The van der Waals surface area contributed by atoms with Crippen LogP contribution in [0.1, 0.15) is 0 Å². The van der Waals surface area contributed by atoms with Gasteiger partial charge < -0.3 is 8.83 Å². The van der Waals surface area contributed by atoms with Crippen LogP contribution in [0.2, 0.25) is 0 Å². The Morgan fingerprint density at radius 2 is 0.875 bits per heavy atom. The van der Waals surface area contributed by atoms with Crippen molar-refractivity contribution >= 4 is 54.6 Å². The zero-order valence-corrected chi connectivity index (χ0v) is 25.6. The van der Waals surface area contributed by atoms with Gasteiger partial charge in [-0.2, -0.15) is 0 Å². The number of hydrogen-bond acceptors (Lipinski definition) is 5. The average Bonchev–Trinajstić information content (AvgIpc) is 3.73. The molecule has 5 nitrogen and oxygen atoms in total. The molecule has 0 unspecified atom stereocenters. The summed E-state index contributed by atoms with van der Waals surface area (Å²) in [4.78, 5) is 15.3. The molecule has 0 bridgehead atoms. The van der Waals surface area contributed by atoms with Gasteiger partial charge in [0.1, 0.15) is 22.3 Å². The highest BCUT2D eigenvalue weighted by atomic mass is 16.3. The second-order valence-corrected chi connectivity index (χ2v) is 12.0. The van der Waals surface area contributed by atoms with E-state index >= 15 is 0 Å². The Morgan fingerprint density at radius 1 is 0.333 bits per heavy atom. The van der Waals surface area contributed by atoms with E-state index in [1.54, 1.807) is 0 Å². The molecule has 10 aromatic rings. The van der Waals surface area contributed by atoms with Crippen molar-refractivity contribution in [3.63, 3.8) is 0 Å². The molecule has 0 aliphatic rings. The van der Waals surface area contributed by atoms with Gasteiger partial charge in [-0.25, -0.2) is 15.0 Å². The van der Waals surface area contributed by atoms with Crippen molar-refractivity contribution in [2.24, 2.45) is 0 Å². The third-order valence-corrected chi connectivity index (χ3v) is 9.15. The van der Waals surface area contributed by atoms with Crippen LogP contribution in [0.4, 0.5) is 0 Å². The van der Waals surface area contributed by atoms with Crippen molar-refractivity contribution in [3.05, 3.63) is 152 Å². The maximum absolute atomic E-state index is 6.43. The van der Waals surface area contributed by atoms with E-state index in [0.29, 0.717) is 17.5 Å². The van der Waals surface area contributed by atoms with Gasteiger partial charge in [0.15, 0.2) is 17.5 Å². The van der Waals surface area contributed by atoms with E-state index in [2.05, 4.69) is 78.9 Å². The Morgan fingerprint density at radius 3 is 1.65 bits per heavy atom. The lowest BCUT2D eigenvalue weighted by Crippen LogP contribution is -2.00. The van der Waals surface area contributed by atoms with Gasteiger partial charge in [-0.1, -0.05) is 121 Å². The maximum Gasteiger partial charge on any atom is 0.164 e. The standard InChI is InChI=1S/C43H25N3O2/c1-2-12-27(13-3-1)41-44-42(32-18-9-21-37-39(32)31-16-6-7-20-35(31)47-37)46-43(45-41)33-19-10-22-38-40(33)34-25-28(23-24-36(34)48-38)30-17-8-14-26-11-4-5-15-29(26)30/h1-25H. The van der Waals surface area contributed by atoms with E-state index in [0.717, 1.165) is 66.1 Å². The molecule has 224 valence electrons. The van der Waals surface area contributed by atoms with Crippen molar-refractivity contribution in [1.82, 2.24) is 15.0 Å². The van der Waals surface area contributed by atoms with Gasteiger partial charge in [-0.05, 0) is 52.2 Å². The molecule has 0 aliphatic carbocycles. The van der Waals surface area contributed by atoms with Crippen LogP contribution in [0, 0.1) is 0 Å². The normalized spacial score (nSPS) is 11.8. The number of furan rings is 2. The van der Waals surface area contributed by atoms with Gasteiger partial charge in [-0.15, -0.1) is 0 Å². The summed E-state index contributed by atoms with van der Waals surface area (Å²) in [6, 6.07) is 51.6. The Bertz CT molecular complexity index is 2840. The summed E-state index contributed by atoms with van der Waals surface area (Å²) in [6.07, 6.45) is 0. The van der Waals surface area contributed by atoms with E-state index < -0.39 is 0 Å². The molecule has 3 aromatic heterocycles. The average molecular weight is 616 g/mol. The molecule has 0 radical (unpaired) electrons. The zero-order chi connectivity index (χ0) is 31.6. The van der Waals surface area contributed by atoms with Gasteiger partial charge in [0.25, 0.3) is 0 Å². The first-order chi connectivity index (χ1) is 23.8. The third-order valence-electron chi connectivity index (χ3n) is 9.15. The van der Waals surface area contributed by atoms with Crippen molar-refractivity contribution in [1.29, 1.82) is 0 Å². The van der Waals surface area contributed by atoms with Gasteiger partial charge in [0.2, 0.25) is 0 Å². The Kier molecular flexibility index (Phi) is 5.81. The van der Waals surface area contributed by atoms with Crippen molar-refractivity contribution < 1.29 is 8.83 Å². The van der Waals surface area contributed by atoms with Crippen molar-refractivity contribution in [2.75, 3.05) is 0 Å². The summed E-state index contributed by atoms with van der Waals surface area (Å²) < 4.78 is 12.7. The largest absolute Gasteiger partial charge is 0.456 e. The molecule has 7 aromatic carbocycles. The van der Waals surface area contributed by atoms with Crippen LogP contribution in [0.25, 0.3) is 99.9 Å². The van der Waals surface area contributed by atoms with Crippen LogP contribution in [0.15, 0.2) is 160 Å². The summed E-state index contributed by atoms with van der Waals surface area (Å²) in [5.41, 5.74) is 8.20. The lowest BCUT2D eigenvalue weighted by atomic mass is 9.96. The SMILES string of the molecule is c1ccc(-c2nc(-c3cccc4oc5ccccc5c34)nc(-c3cccc4oc5ccc(-c6cccc7ccccc67)cc5c34)n2)cc1. The molecule has 0 spiro atoms. The zero-order valence-electron chi connectivity index (χ0n) is 25.6. The van der Waals surface area contributed by atoms with Crippen LogP contribution in [0.5, 0.6) is 0 Å².